The second-order valence-electron chi connectivity index (χ2n) is 14.3. The Kier molecular flexibility index (Phi) is 8.10. The van der Waals surface area contributed by atoms with Gasteiger partial charge in [-0.2, -0.15) is 0 Å². The SMILES string of the molecule is Cc1c(C(=O)NCC2CC(C(=O)O)C2)cc(-c2cc(C(=O)NC(C)(C)C)cc(C3(C)CC3)c2)n1CC1CCCCC1. The van der Waals surface area contributed by atoms with Gasteiger partial charge in [-0.15, -0.1) is 0 Å². The van der Waals surface area contributed by atoms with E-state index in [2.05, 4.69) is 34.3 Å². The zero-order valence-corrected chi connectivity index (χ0v) is 25.4. The number of benzene rings is 1. The van der Waals surface area contributed by atoms with E-state index in [4.69, 9.17) is 0 Å². The fraction of sp³-hybridized carbons (Fsp3) is 0.618. The molecule has 2 amide bonds. The molecule has 0 aliphatic heterocycles. The fourth-order valence-electron chi connectivity index (χ4n) is 6.56. The van der Waals surface area contributed by atoms with Crippen molar-refractivity contribution in [1.29, 1.82) is 0 Å². The molecule has 2 aromatic rings. The van der Waals surface area contributed by atoms with Gasteiger partial charge in [0.2, 0.25) is 0 Å². The summed E-state index contributed by atoms with van der Waals surface area (Å²) in [5.41, 5.74) is 5.16. The summed E-state index contributed by atoms with van der Waals surface area (Å²) in [6.45, 7) is 11.6. The van der Waals surface area contributed by atoms with Crippen LogP contribution in [0.4, 0.5) is 0 Å². The first kappa shape index (κ1) is 29.4. The van der Waals surface area contributed by atoms with Crippen LogP contribution in [0.15, 0.2) is 24.3 Å². The van der Waals surface area contributed by atoms with E-state index >= 15 is 0 Å². The van der Waals surface area contributed by atoms with Gasteiger partial charge in [-0.25, -0.2) is 0 Å². The molecule has 0 bridgehead atoms. The maximum atomic E-state index is 13.5. The average molecular weight is 562 g/mol. The number of amides is 2. The number of carboxylic acid groups (broad SMARTS) is 1. The lowest BCUT2D eigenvalue weighted by Gasteiger charge is -2.32. The van der Waals surface area contributed by atoms with Gasteiger partial charge in [0.25, 0.3) is 11.8 Å². The molecule has 5 rings (SSSR count). The molecule has 0 unspecified atom stereocenters. The number of carbonyl (C=O) groups excluding carboxylic acids is 2. The predicted molar refractivity (Wildman–Crippen MR) is 161 cm³/mol. The largest absolute Gasteiger partial charge is 0.481 e. The van der Waals surface area contributed by atoms with Gasteiger partial charge in [-0.1, -0.05) is 26.2 Å². The second kappa shape index (κ2) is 11.3. The molecule has 0 atom stereocenters. The molecule has 7 nitrogen and oxygen atoms in total. The minimum absolute atomic E-state index is 0.0786. The molecule has 3 saturated carbocycles. The van der Waals surface area contributed by atoms with Gasteiger partial charge < -0.3 is 20.3 Å². The van der Waals surface area contributed by atoms with E-state index in [0.29, 0.717) is 36.4 Å². The topological polar surface area (TPSA) is 100 Å². The number of hydrogen-bond acceptors (Lipinski definition) is 3. The first-order valence-electron chi connectivity index (χ1n) is 15.5. The van der Waals surface area contributed by atoms with Crippen molar-refractivity contribution < 1.29 is 19.5 Å². The van der Waals surface area contributed by atoms with Crippen molar-refractivity contribution in [2.45, 2.75) is 110 Å². The molecule has 1 aromatic heterocycles. The minimum atomic E-state index is -0.745. The molecule has 3 aliphatic rings. The standard InChI is InChI=1S/C34H47N3O4/c1-21-28(31(39)35-19-23-13-26(14-23)32(40)41)18-29(37(21)20-22-9-7-6-8-10-22)24-15-25(30(38)36-33(2,3)4)17-27(16-24)34(5)11-12-34/h15-18,22-23,26H,6-14,19-20H2,1-5H3,(H,35,39)(H,36,38)(H,40,41). The van der Waals surface area contributed by atoms with Crippen molar-refractivity contribution in [3.63, 3.8) is 0 Å². The molecule has 1 aromatic carbocycles. The van der Waals surface area contributed by atoms with Crippen LogP contribution in [0.5, 0.6) is 0 Å². The van der Waals surface area contributed by atoms with Crippen molar-refractivity contribution in [2.24, 2.45) is 17.8 Å². The highest BCUT2D eigenvalue weighted by molar-refractivity contribution is 5.98. The average Bonchev–Trinajstić information content (AvgIpc) is 3.56. The van der Waals surface area contributed by atoms with Gasteiger partial charge in [0.15, 0.2) is 0 Å². The summed E-state index contributed by atoms with van der Waals surface area (Å²) < 4.78 is 2.31. The highest BCUT2D eigenvalue weighted by Gasteiger charge is 2.40. The highest BCUT2D eigenvalue weighted by atomic mass is 16.4. The molecule has 222 valence electrons. The molecule has 41 heavy (non-hydrogen) atoms. The number of nitrogens with one attached hydrogen (secondary N) is 2. The second-order valence-corrected chi connectivity index (χ2v) is 14.3. The van der Waals surface area contributed by atoms with Gasteiger partial charge in [0, 0.05) is 35.6 Å². The Labute approximate surface area is 244 Å². The van der Waals surface area contributed by atoms with Crippen LogP contribution >= 0.6 is 0 Å². The van der Waals surface area contributed by atoms with Crippen molar-refractivity contribution in [1.82, 2.24) is 15.2 Å². The number of aromatic nitrogens is 1. The van der Waals surface area contributed by atoms with E-state index in [1.165, 1.54) is 37.7 Å². The quantitative estimate of drug-likeness (QED) is 0.327. The molecule has 0 saturated heterocycles. The Morgan fingerprint density at radius 1 is 0.976 bits per heavy atom. The van der Waals surface area contributed by atoms with Crippen LogP contribution in [-0.4, -0.2) is 39.5 Å². The third-order valence-corrected chi connectivity index (χ3v) is 9.59. The first-order valence-corrected chi connectivity index (χ1v) is 15.5. The van der Waals surface area contributed by atoms with E-state index in [0.717, 1.165) is 36.3 Å². The van der Waals surface area contributed by atoms with Gasteiger partial charge in [0.1, 0.15) is 0 Å². The summed E-state index contributed by atoms with van der Waals surface area (Å²) in [6.07, 6.45) is 9.63. The monoisotopic (exact) mass is 561 g/mol. The van der Waals surface area contributed by atoms with Crippen LogP contribution in [0.2, 0.25) is 0 Å². The normalized spacial score (nSPS) is 22.1. The van der Waals surface area contributed by atoms with Crippen LogP contribution < -0.4 is 10.6 Å². The van der Waals surface area contributed by atoms with Crippen molar-refractivity contribution in [3.05, 3.63) is 46.6 Å². The third-order valence-electron chi connectivity index (χ3n) is 9.59. The van der Waals surface area contributed by atoms with Crippen LogP contribution in [0.3, 0.4) is 0 Å². The first-order chi connectivity index (χ1) is 19.3. The maximum absolute atomic E-state index is 13.5. The summed E-state index contributed by atoms with van der Waals surface area (Å²) in [4.78, 5) is 38.0. The van der Waals surface area contributed by atoms with E-state index in [9.17, 15) is 19.5 Å². The number of carbonyl (C=O) groups is 3. The number of carboxylic acids is 1. The van der Waals surface area contributed by atoms with Crippen LogP contribution in [0.25, 0.3) is 11.3 Å². The Bertz CT molecular complexity index is 1320. The molecular formula is C34H47N3O4. The van der Waals surface area contributed by atoms with E-state index in [1.54, 1.807) is 0 Å². The van der Waals surface area contributed by atoms with E-state index in [1.807, 2.05) is 39.8 Å². The number of aliphatic carboxylic acids is 1. The van der Waals surface area contributed by atoms with Crippen molar-refractivity contribution in [3.8, 4) is 11.3 Å². The zero-order chi connectivity index (χ0) is 29.5. The molecule has 3 N–H and O–H groups in total. The van der Waals surface area contributed by atoms with Crippen LogP contribution in [0.1, 0.15) is 117 Å². The lowest BCUT2D eigenvalue weighted by molar-refractivity contribution is -0.146. The molecule has 1 heterocycles. The van der Waals surface area contributed by atoms with Crippen LogP contribution in [0, 0.1) is 24.7 Å². The summed E-state index contributed by atoms with van der Waals surface area (Å²) in [6, 6.07) is 8.28. The molecular weight excluding hydrogens is 514 g/mol. The van der Waals surface area contributed by atoms with Gasteiger partial charge in [-0.05, 0) is 119 Å². The molecule has 7 heteroatoms. The zero-order valence-electron chi connectivity index (χ0n) is 25.4. The van der Waals surface area contributed by atoms with E-state index in [-0.39, 0.29) is 34.6 Å². The molecule has 3 aliphatic carbocycles. The number of nitrogens with zero attached hydrogens (tertiary/aromatic N) is 1. The smallest absolute Gasteiger partial charge is 0.306 e. The van der Waals surface area contributed by atoms with E-state index < -0.39 is 5.97 Å². The van der Waals surface area contributed by atoms with Crippen molar-refractivity contribution in [2.75, 3.05) is 6.54 Å². The molecule has 0 spiro atoms. The number of rotatable bonds is 9. The Morgan fingerprint density at radius 3 is 2.27 bits per heavy atom. The Hall–Kier alpha value is -3.09. The summed E-state index contributed by atoms with van der Waals surface area (Å²) in [5, 5.41) is 15.4. The van der Waals surface area contributed by atoms with Gasteiger partial charge in [-0.3, -0.25) is 14.4 Å². The Balaban J connectivity index is 1.48. The minimum Gasteiger partial charge on any atom is -0.481 e. The number of hydrogen-bond donors (Lipinski definition) is 3. The fourth-order valence-corrected chi connectivity index (χ4v) is 6.56. The molecule has 3 fully saturated rings. The summed E-state index contributed by atoms with van der Waals surface area (Å²) in [7, 11) is 0. The van der Waals surface area contributed by atoms with Crippen molar-refractivity contribution >= 4 is 17.8 Å². The lowest BCUT2D eigenvalue weighted by Crippen LogP contribution is -2.40. The molecule has 0 radical (unpaired) electrons. The maximum Gasteiger partial charge on any atom is 0.306 e. The lowest BCUT2D eigenvalue weighted by atomic mass is 9.75. The highest BCUT2D eigenvalue weighted by Crippen LogP contribution is 2.49. The van der Waals surface area contributed by atoms with Gasteiger partial charge in [0.05, 0.1) is 11.5 Å². The summed E-state index contributed by atoms with van der Waals surface area (Å²) in [5.74, 6) is -0.437. The third kappa shape index (κ3) is 6.70. The van der Waals surface area contributed by atoms with Crippen LogP contribution in [-0.2, 0) is 16.8 Å². The summed E-state index contributed by atoms with van der Waals surface area (Å²) >= 11 is 0. The Morgan fingerprint density at radius 2 is 1.66 bits per heavy atom. The van der Waals surface area contributed by atoms with Gasteiger partial charge >= 0.3 is 5.97 Å². The predicted octanol–water partition coefficient (Wildman–Crippen LogP) is 6.46.